The third-order valence-corrected chi connectivity index (χ3v) is 6.48. The number of hydrogen-bond acceptors (Lipinski definition) is 6. The zero-order chi connectivity index (χ0) is 27.8. The van der Waals surface area contributed by atoms with Gasteiger partial charge in [-0.1, -0.05) is 60.9 Å². The molecule has 7 heteroatoms. The molecule has 1 amide bonds. The summed E-state index contributed by atoms with van der Waals surface area (Å²) in [5.41, 5.74) is 10.5. The van der Waals surface area contributed by atoms with Crippen molar-refractivity contribution in [2.45, 2.75) is 46.1 Å². The summed E-state index contributed by atoms with van der Waals surface area (Å²) in [6.07, 6.45) is 2.38. The summed E-state index contributed by atoms with van der Waals surface area (Å²) in [5, 5.41) is 17.9. The number of amides is 1. The molecular weight excluding hydrogens is 486 g/mol. The molecule has 3 aromatic carbocycles. The van der Waals surface area contributed by atoms with Gasteiger partial charge in [-0.2, -0.15) is 5.26 Å². The predicted octanol–water partition coefficient (Wildman–Crippen LogP) is 6.04. The molecule has 1 saturated heterocycles. The van der Waals surface area contributed by atoms with Crippen molar-refractivity contribution in [2.24, 2.45) is 0 Å². The van der Waals surface area contributed by atoms with Crippen LogP contribution in [0.5, 0.6) is 0 Å². The summed E-state index contributed by atoms with van der Waals surface area (Å²) in [7, 11) is 0. The van der Waals surface area contributed by atoms with E-state index in [1.54, 1.807) is 36.1 Å². The molecule has 0 saturated carbocycles. The molecule has 7 nitrogen and oxygen atoms in total. The Bertz CT molecular complexity index is 1560. The highest BCUT2D eigenvalue weighted by molar-refractivity contribution is 5.98. The smallest absolute Gasteiger partial charge is 0.254 e. The van der Waals surface area contributed by atoms with Crippen molar-refractivity contribution < 1.29 is 9.21 Å². The molecule has 5 rings (SSSR count). The van der Waals surface area contributed by atoms with Crippen molar-refractivity contribution in [3.63, 3.8) is 0 Å². The molecule has 0 aliphatic carbocycles. The van der Waals surface area contributed by atoms with E-state index >= 15 is 0 Å². The van der Waals surface area contributed by atoms with E-state index in [1.807, 2.05) is 37.3 Å². The standard InChI is InChI=1S/C25H23N5O2.C7H8/c1-3-7-19-8-6-11-30(19)25(31)18-13-16(20-9-5-10-22(27)21(20)15-26)12-17(14-18)24-29-28-23(4-2)32-24;1-7-5-3-2-4-6-7/h5,9-10,12-14,19H,4,6,8,11,27H2,1-2H3;2-6H,1H3. The van der Waals surface area contributed by atoms with Crippen LogP contribution in [0.2, 0.25) is 0 Å². The second kappa shape index (κ2) is 12.6. The van der Waals surface area contributed by atoms with Crippen LogP contribution in [0.25, 0.3) is 22.6 Å². The van der Waals surface area contributed by atoms with Gasteiger partial charge in [0.05, 0.1) is 17.3 Å². The number of aryl methyl sites for hydroxylation is 2. The first-order valence-corrected chi connectivity index (χ1v) is 13.0. The van der Waals surface area contributed by atoms with E-state index in [9.17, 15) is 10.1 Å². The van der Waals surface area contributed by atoms with Crippen LogP contribution in [-0.2, 0) is 6.42 Å². The van der Waals surface area contributed by atoms with Crippen LogP contribution < -0.4 is 5.73 Å². The highest BCUT2D eigenvalue weighted by Crippen LogP contribution is 2.33. The van der Waals surface area contributed by atoms with Crippen molar-refractivity contribution in [3.05, 3.63) is 89.3 Å². The van der Waals surface area contributed by atoms with Gasteiger partial charge in [0, 0.05) is 29.7 Å². The maximum atomic E-state index is 13.5. The summed E-state index contributed by atoms with van der Waals surface area (Å²) < 4.78 is 5.75. The lowest BCUT2D eigenvalue weighted by Crippen LogP contribution is -2.34. The molecule has 1 aromatic heterocycles. The van der Waals surface area contributed by atoms with E-state index in [1.165, 1.54) is 5.56 Å². The van der Waals surface area contributed by atoms with Crippen LogP contribution >= 0.6 is 0 Å². The SMILES string of the molecule is CC#CC1CCCN1C(=O)c1cc(-c2nnc(CC)o2)cc(-c2cccc(N)c2C#N)c1.Cc1ccccc1. The van der Waals surface area contributed by atoms with Gasteiger partial charge >= 0.3 is 0 Å². The normalized spacial score (nSPS) is 14.0. The van der Waals surface area contributed by atoms with Gasteiger partial charge in [0.2, 0.25) is 11.8 Å². The first-order chi connectivity index (χ1) is 18.9. The number of aromatic nitrogens is 2. The van der Waals surface area contributed by atoms with Crippen LogP contribution in [0, 0.1) is 30.1 Å². The van der Waals surface area contributed by atoms with Gasteiger partial charge in [-0.15, -0.1) is 16.1 Å². The molecule has 2 heterocycles. The lowest BCUT2D eigenvalue weighted by atomic mass is 9.95. The number of nitrogens with zero attached hydrogens (tertiary/aromatic N) is 4. The van der Waals surface area contributed by atoms with E-state index in [0.717, 1.165) is 12.8 Å². The second-order valence-electron chi connectivity index (χ2n) is 9.24. The molecule has 1 fully saturated rings. The number of nitrogen functional groups attached to an aromatic ring is 1. The summed E-state index contributed by atoms with van der Waals surface area (Å²) >= 11 is 0. The minimum Gasteiger partial charge on any atom is -0.421 e. The van der Waals surface area contributed by atoms with Crippen molar-refractivity contribution in [1.29, 1.82) is 5.26 Å². The van der Waals surface area contributed by atoms with E-state index < -0.39 is 0 Å². The fourth-order valence-corrected chi connectivity index (χ4v) is 4.51. The Balaban J connectivity index is 0.000000438. The van der Waals surface area contributed by atoms with Crippen LogP contribution in [0.4, 0.5) is 5.69 Å². The molecule has 1 aliphatic rings. The summed E-state index contributed by atoms with van der Waals surface area (Å²) in [6.45, 7) is 6.45. The molecule has 1 atom stereocenters. The lowest BCUT2D eigenvalue weighted by molar-refractivity contribution is 0.0766. The quantitative estimate of drug-likeness (QED) is 0.261. The van der Waals surface area contributed by atoms with Crippen molar-refractivity contribution in [3.8, 4) is 40.5 Å². The Kier molecular flexibility index (Phi) is 8.76. The Morgan fingerprint density at radius 3 is 2.51 bits per heavy atom. The first kappa shape index (κ1) is 27.2. The van der Waals surface area contributed by atoms with Crippen LogP contribution in [0.1, 0.15) is 54.1 Å². The molecule has 1 aliphatic heterocycles. The molecule has 0 bridgehead atoms. The van der Waals surface area contributed by atoms with Crippen molar-refractivity contribution >= 4 is 11.6 Å². The highest BCUT2D eigenvalue weighted by atomic mass is 16.4. The molecule has 0 radical (unpaired) electrons. The molecule has 4 aromatic rings. The largest absolute Gasteiger partial charge is 0.421 e. The van der Waals surface area contributed by atoms with Gasteiger partial charge in [0.25, 0.3) is 5.91 Å². The third-order valence-electron chi connectivity index (χ3n) is 6.48. The number of carbonyl (C=O) groups is 1. The molecule has 196 valence electrons. The molecule has 39 heavy (non-hydrogen) atoms. The fourth-order valence-electron chi connectivity index (χ4n) is 4.51. The van der Waals surface area contributed by atoms with E-state index in [2.05, 4.69) is 47.2 Å². The van der Waals surface area contributed by atoms with E-state index in [-0.39, 0.29) is 11.9 Å². The maximum absolute atomic E-state index is 13.5. The Morgan fingerprint density at radius 1 is 1.10 bits per heavy atom. The predicted molar refractivity (Wildman–Crippen MR) is 152 cm³/mol. The van der Waals surface area contributed by atoms with Gasteiger partial charge in [0.1, 0.15) is 6.07 Å². The Morgan fingerprint density at radius 2 is 1.87 bits per heavy atom. The first-order valence-electron chi connectivity index (χ1n) is 13.0. The molecule has 2 N–H and O–H groups in total. The second-order valence-corrected chi connectivity index (χ2v) is 9.24. The Hall–Kier alpha value is -4.88. The maximum Gasteiger partial charge on any atom is 0.254 e. The minimum atomic E-state index is -0.115. The molecular formula is C32H31N5O2. The van der Waals surface area contributed by atoms with Gasteiger partial charge in [0.15, 0.2) is 0 Å². The van der Waals surface area contributed by atoms with Crippen LogP contribution in [0.15, 0.2) is 71.1 Å². The summed E-state index contributed by atoms with van der Waals surface area (Å²) in [6, 6.07) is 23.0. The third kappa shape index (κ3) is 6.34. The highest BCUT2D eigenvalue weighted by Gasteiger charge is 2.29. The minimum absolute atomic E-state index is 0.100. The van der Waals surface area contributed by atoms with Crippen LogP contribution in [-0.4, -0.2) is 33.6 Å². The molecule has 1 unspecified atom stereocenters. The number of carbonyl (C=O) groups excluding carboxylic acids is 1. The average Bonchev–Trinajstić information content (AvgIpc) is 3.63. The number of nitriles is 1. The average molecular weight is 518 g/mol. The van der Waals surface area contributed by atoms with Crippen molar-refractivity contribution in [2.75, 3.05) is 12.3 Å². The topological polar surface area (TPSA) is 109 Å². The zero-order valence-corrected chi connectivity index (χ0v) is 22.4. The number of benzene rings is 3. The monoisotopic (exact) mass is 517 g/mol. The Labute approximate surface area is 229 Å². The summed E-state index contributed by atoms with van der Waals surface area (Å²) in [4.78, 5) is 15.3. The summed E-state index contributed by atoms with van der Waals surface area (Å²) in [5.74, 6) is 6.78. The number of nitrogens with two attached hydrogens (primary N) is 1. The van der Waals surface area contributed by atoms with Gasteiger partial charge in [-0.05, 0) is 56.5 Å². The van der Waals surface area contributed by atoms with Crippen molar-refractivity contribution in [1.82, 2.24) is 15.1 Å². The lowest BCUT2D eigenvalue weighted by Gasteiger charge is -2.21. The van der Waals surface area contributed by atoms with Gasteiger partial charge < -0.3 is 15.1 Å². The van der Waals surface area contributed by atoms with Crippen LogP contribution in [0.3, 0.4) is 0 Å². The molecule has 0 spiro atoms. The van der Waals surface area contributed by atoms with Gasteiger partial charge in [-0.25, -0.2) is 0 Å². The number of anilines is 1. The number of rotatable bonds is 4. The number of likely N-dealkylation sites (tertiary alicyclic amines) is 1. The van der Waals surface area contributed by atoms with E-state index in [4.69, 9.17) is 10.2 Å². The fraction of sp³-hybridized carbons (Fsp3) is 0.250. The number of hydrogen-bond donors (Lipinski definition) is 1. The zero-order valence-electron chi connectivity index (χ0n) is 22.4. The van der Waals surface area contributed by atoms with Gasteiger partial charge in [-0.3, -0.25) is 4.79 Å². The van der Waals surface area contributed by atoms with E-state index in [0.29, 0.717) is 58.3 Å².